The van der Waals surface area contributed by atoms with E-state index in [4.69, 9.17) is 9.47 Å². The van der Waals surface area contributed by atoms with E-state index in [0.717, 1.165) is 10.0 Å². The number of carbonyl (C=O) groups excluding carboxylic acids is 3. The number of aryl methyl sites for hydroxylation is 1. The number of esters is 1. The summed E-state index contributed by atoms with van der Waals surface area (Å²) in [4.78, 5) is 40.1. The van der Waals surface area contributed by atoms with Gasteiger partial charge in [0.15, 0.2) is 6.10 Å². The third-order valence-corrected chi connectivity index (χ3v) is 5.57. The summed E-state index contributed by atoms with van der Waals surface area (Å²) in [7, 11) is 1.59. The van der Waals surface area contributed by atoms with Crippen LogP contribution < -0.4 is 4.74 Å². The second-order valence-corrected chi connectivity index (χ2v) is 8.15. The van der Waals surface area contributed by atoms with E-state index in [1.165, 1.54) is 4.90 Å². The molecular weight excluding hydrogens is 440 g/mol. The topological polar surface area (TPSA) is 76.2 Å². The zero-order valence-corrected chi connectivity index (χ0v) is 19.0. The van der Waals surface area contributed by atoms with E-state index >= 15 is 0 Å². The van der Waals surface area contributed by atoms with Crippen LogP contribution in [-0.4, -0.2) is 67.0 Å². The van der Waals surface area contributed by atoms with Crippen LogP contribution in [0.5, 0.6) is 5.75 Å². The third-order valence-electron chi connectivity index (χ3n) is 4.96. The maximum Gasteiger partial charge on any atom is 0.309 e. The van der Waals surface area contributed by atoms with E-state index in [1.54, 1.807) is 25.8 Å². The molecule has 2 amide bonds. The van der Waals surface area contributed by atoms with Crippen molar-refractivity contribution in [2.75, 3.05) is 33.3 Å². The molecule has 0 saturated carbocycles. The van der Waals surface area contributed by atoms with Crippen LogP contribution in [0.1, 0.15) is 32.3 Å². The summed E-state index contributed by atoms with van der Waals surface area (Å²) in [6.45, 7) is 6.75. The molecule has 0 radical (unpaired) electrons. The van der Waals surface area contributed by atoms with Crippen molar-refractivity contribution in [3.05, 3.63) is 28.2 Å². The molecule has 1 aliphatic heterocycles. The minimum Gasteiger partial charge on any atom is -0.480 e. The fraction of sp³-hybridized carbons (Fsp3) is 0.571. The van der Waals surface area contributed by atoms with Crippen LogP contribution in [0.4, 0.5) is 0 Å². The first-order valence-electron chi connectivity index (χ1n) is 9.85. The number of ether oxygens (including phenoxy) is 2. The molecule has 1 heterocycles. The summed E-state index contributed by atoms with van der Waals surface area (Å²) in [5.74, 6) is -0.170. The first kappa shape index (κ1) is 23.2. The third kappa shape index (κ3) is 6.45. The van der Waals surface area contributed by atoms with Crippen LogP contribution in [0.15, 0.2) is 22.7 Å². The number of likely N-dealkylation sites (N-methyl/N-ethyl adjacent to an activating group) is 1. The van der Waals surface area contributed by atoms with Gasteiger partial charge < -0.3 is 19.3 Å². The lowest BCUT2D eigenvalue weighted by atomic mass is 9.97. The van der Waals surface area contributed by atoms with Gasteiger partial charge >= 0.3 is 5.97 Å². The van der Waals surface area contributed by atoms with Gasteiger partial charge in [0.25, 0.3) is 5.91 Å². The number of nitrogens with zero attached hydrogens (tertiary/aromatic N) is 2. The minimum absolute atomic E-state index is 0.0221. The Balaban J connectivity index is 1.84. The van der Waals surface area contributed by atoms with Gasteiger partial charge in [0.2, 0.25) is 5.91 Å². The molecule has 2 rings (SSSR count). The summed E-state index contributed by atoms with van der Waals surface area (Å²) in [5.41, 5.74) is 1.08. The number of amides is 2. The Bertz CT molecular complexity index is 747. The number of hydrogen-bond acceptors (Lipinski definition) is 5. The molecule has 7 nitrogen and oxygen atoms in total. The number of carbonyl (C=O) groups is 3. The minimum atomic E-state index is -0.721. The Morgan fingerprint density at radius 1 is 1.28 bits per heavy atom. The zero-order valence-electron chi connectivity index (χ0n) is 17.4. The van der Waals surface area contributed by atoms with Gasteiger partial charge in [-0.25, -0.2) is 0 Å². The summed E-state index contributed by atoms with van der Waals surface area (Å²) >= 11 is 3.44. The Kier molecular flexibility index (Phi) is 8.49. The molecular formula is C21H29BrN2O5. The van der Waals surface area contributed by atoms with Crippen molar-refractivity contribution >= 4 is 33.7 Å². The normalized spacial score (nSPS) is 15.6. The molecule has 0 spiro atoms. The lowest BCUT2D eigenvalue weighted by molar-refractivity contribution is -0.151. The Morgan fingerprint density at radius 2 is 1.93 bits per heavy atom. The Hall–Kier alpha value is -2.09. The van der Waals surface area contributed by atoms with E-state index in [1.807, 2.05) is 25.1 Å². The van der Waals surface area contributed by atoms with Gasteiger partial charge in [-0.3, -0.25) is 14.4 Å². The average Bonchev–Trinajstić information content (AvgIpc) is 2.69. The molecule has 8 heteroatoms. The number of rotatable bonds is 7. The van der Waals surface area contributed by atoms with Crippen molar-refractivity contribution in [3.8, 4) is 5.75 Å². The maximum absolute atomic E-state index is 12.6. The largest absolute Gasteiger partial charge is 0.480 e. The highest BCUT2D eigenvalue weighted by Gasteiger charge is 2.29. The number of halogens is 1. The molecule has 29 heavy (non-hydrogen) atoms. The van der Waals surface area contributed by atoms with Gasteiger partial charge in [0, 0.05) is 20.1 Å². The van der Waals surface area contributed by atoms with Crippen LogP contribution >= 0.6 is 15.9 Å². The molecule has 1 aromatic carbocycles. The fourth-order valence-corrected chi connectivity index (χ4v) is 3.84. The van der Waals surface area contributed by atoms with Gasteiger partial charge in [-0.2, -0.15) is 0 Å². The Labute approximate surface area is 180 Å². The molecule has 1 aliphatic rings. The molecule has 160 valence electrons. The summed E-state index contributed by atoms with van der Waals surface area (Å²) in [6, 6.07) is 5.63. The van der Waals surface area contributed by atoms with Crippen LogP contribution in [0.2, 0.25) is 0 Å². The first-order valence-corrected chi connectivity index (χ1v) is 10.6. The highest BCUT2D eigenvalue weighted by molar-refractivity contribution is 9.10. The molecule has 1 saturated heterocycles. The second kappa shape index (κ2) is 10.6. The van der Waals surface area contributed by atoms with Crippen LogP contribution in [0.25, 0.3) is 0 Å². The van der Waals surface area contributed by atoms with E-state index < -0.39 is 6.10 Å². The van der Waals surface area contributed by atoms with Gasteiger partial charge in [-0.05, 0) is 67.2 Å². The van der Waals surface area contributed by atoms with Crippen molar-refractivity contribution in [3.63, 3.8) is 0 Å². The fourth-order valence-electron chi connectivity index (χ4n) is 3.26. The van der Waals surface area contributed by atoms with Crippen molar-refractivity contribution in [1.82, 2.24) is 9.80 Å². The standard InChI is InChI=1S/C21H29BrN2O5/c1-5-28-21(27)16-8-10-24(11-9-16)19(25)13-23(4)20(26)15(3)29-18-7-6-14(2)12-17(18)22/h6-7,12,15-16H,5,8-11,13H2,1-4H3. The van der Waals surface area contributed by atoms with Crippen molar-refractivity contribution in [1.29, 1.82) is 0 Å². The quantitative estimate of drug-likeness (QED) is 0.575. The number of piperidine rings is 1. The summed E-state index contributed by atoms with van der Waals surface area (Å²) in [6.07, 6.45) is 0.452. The van der Waals surface area contributed by atoms with Crippen molar-refractivity contribution < 1.29 is 23.9 Å². The highest BCUT2D eigenvalue weighted by Crippen LogP contribution is 2.27. The number of hydrogen-bond donors (Lipinski definition) is 0. The first-order chi connectivity index (χ1) is 13.7. The summed E-state index contributed by atoms with van der Waals surface area (Å²) in [5, 5.41) is 0. The van der Waals surface area contributed by atoms with E-state index in [9.17, 15) is 14.4 Å². The monoisotopic (exact) mass is 468 g/mol. The molecule has 1 fully saturated rings. The molecule has 0 N–H and O–H groups in total. The van der Waals surface area contributed by atoms with E-state index in [2.05, 4.69) is 15.9 Å². The number of likely N-dealkylation sites (tertiary alicyclic amines) is 1. The van der Waals surface area contributed by atoms with E-state index in [0.29, 0.717) is 38.3 Å². The molecule has 1 aromatic rings. The summed E-state index contributed by atoms with van der Waals surface area (Å²) < 4.78 is 11.6. The molecule has 0 aliphatic carbocycles. The maximum atomic E-state index is 12.6. The predicted molar refractivity (Wildman–Crippen MR) is 113 cm³/mol. The molecule has 1 unspecified atom stereocenters. The highest BCUT2D eigenvalue weighted by atomic mass is 79.9. The van der Waals surface area contributed by atoms with Gasteiger partial charge in [-0.15, -0.1) is 0 Å². The lowest BCUT2D eigenvalue weighted by Crippen LogP contribution is -2.47. The Morgan fingerprint density at radius 3 is 2.52 bits per heavy atom. The van der Waals surface area contributed by atoms with Crippen molar-refractivity contribution in [2.24, 2.45) is 5.92 Å². The molecule has 1 atom stereocenters. The lowest BCUT2D eigenvalue weighted by Gasteiger charge is -2.32. The van der Waals surface area contributed by atoms with Crippen molar-refractivity contribution in [2.45, 2.75) is 39.7 Å². The molecule has 0 aromatic heterocycles. The second-order valence-electron chi connectivity index (χ2n) is 7.30. The predicted octanol–water partition coefficient (Wildman–Crippen LogP) is 2.78. The average molecular weight is 469 g/mol. The van der Waals surface area contributed by atoms with E-state index in [-0.39, 0.29) is 30.2 Å². The van der Waals surface area contributed by atoms with Crippen LogP contribution in [0, 0.1) is 12.8 Å². The van der Waals surface area contributed by atoms with Gasteiger partial charge in [0.1, 0.15) is 5.75 Å². The van der Waals surface area contributed by atoms with Gasteiger partial charge in [-0.1, -0.05) is 6.07 Å². The zero-order chi connectivity index (χ0) is 21.6. The van der Waals surface area contributed by atoms with Gasteiger partial charge in [0.05, 0.1) is 23.5 Å². The molecule has 0 bridgehead atoms. The van der Waals surface area contributed by atoms with Crippen LogP contribution in [0.3, 0.4) is 0 Å². The van der Waals surface area contributed by atoms with Crippen LogP contribution in [-0.2, 0) is 19.1 Å². The SMILES string of the molecule is CCOC(=O)C1CCN(C(=O)CN(C)C(=O)C(C)Oc2ccc(C)cc2Br)CC1. The smallest absolute Gasteiger partial charge is 0.309 e. The number of benzene rings is 1.